The molecule has 1 amide bonds. The number of rotatable bonds is 5. The lowest BCUT2D eigenvalue weighted by Crippen LogP contribution is -2.42. The highest BCUT2D eigenvalue weighted by molar-refractivity contribution is 5.77. The molecule has 0 aliphatic carbocycles. The molecule has 5 nitrogen and oxygen atoms in total. The van der Waals surface area contributed by atoms with Gasteiger partial charge < -0.3 is 14.8 Å². The molecule has 0 radical (unpaired) electrons. The molecule has 0 unspecified atom stereocenters. The van der Waals surface area contributed by atoms with Gasteiger partial charge in [-0.25, -0.2) is 4.79 Å². The van der Waals surface area contributed by atoms with Crippen LogP contribution in [0.25, 0.3) is 0 Å². The maximum Gasteiger partial charge on any atom is 0.407 e. The van der Waals surface area contributed by atoms with Crippen LogP contribution in [0.1, 0.15) is 40.2 Å². The Morgan fingerprint density at radius 2 is 1.64 bits per heavy atom. The first-order chi connectivity index (χ1) is 10.1. The van der Waals surface area contributed by atoms with Crippen LogP contribution in [0, 0.1) is 5.41 Å². The summed E-state index contributed by atoms with van der Waals surface area (Å²) in [6.07, 6.45) is -0.545. The van der Waals surface area contributed by atoms with Crippen molar-refractivity contribution in [2.45, 2.75) is 46.8 Å². The van der Waals surface area contributed by atoms with Crippen molar-refractivity contribution in [2.75, 3.05) is 6.54 Å². The van der Waals surface area contributed by atoms with Gasteiger partial charge in [-0.3, -0.25) is 4.79 Å². The summed E-state index contributed by atoms with van der Waals surface area (Å²) in [5.41, 5.74) is -0.472. The molecule has 1 N–H and O–H groups in total. The summed E-state index contributed by atoms with van der Waals surface area (Å²) in [5.74, 6) is -0.368. The average Bonchev–Trinajstić information content (AvgIpc) is 2.42. The zero-order valence-electron chi connectivity index (χ0n) is 13.9. The SMILES string of the molecule is CC(C)(C)OC(=O)NCC(C)(C)C(=O)OCc1ccccc1. The first kappa shape index (κ1) is 18.0. The number of alkyl carbamates (subject to hydrolysis) is 1. The van der Waals surface area contributed by atoms with Gasteiger partial charge in [0.25, 0.3) is 0 Å². The zero-order chi connectivity index (χ0) is 16.8. The Morgan fingerprint density at radius 3 is 2.18 bits per heavy atom. The van der Waals surface area contributed by atoms with Crippen molar-refractivity contribution in [1.82, 2.24) is 5.32 Å². The van der Waals surface area contributed by atoms with E-state index in [0.29, 0.717) is 0 Å². The van der Waals surface area contributed by atoms with Crippen LogP contribution < -0.4 is 5.32 Å². The van der Waals surface area contributed by atoms with Crippen LogP contribution in [0.5, 0.6) is 0 Å². The highest BCUT2D eigenvalue weighted by Crippen LogP contribution is 2.17. The van der Waals surface area contributed by atoms with Gasteiger partial charge in [-0.1, -0.05) is 30.3 Å². The van der Waals surface area contributed by atoms with Gasteiger partial charge in [0.2, 0.25) is 0 Å². The molecule has 22 heavy (non-hydrogen) atoms. The molecule has 0 spiro atoms. The van der Waals surface area contributed by atoms with Gasteiger partial charge in [0, 0.05) is 6.54 Å². The molecule has 1 aromatic rings. The fraction of sp³-hybridized carbons (Fsp3) is 0.529. The Bertz CT molecular complexity index is 503. The number of ether oxygens (including phenoxy) is 2. The van der Waals surface area contributed by atoms with Crippen molar-refractivity contribution in [2.24, 2.45) is 5.41 Å². The van der Waals surface area contributed by atoms with Crippen molar-refractivity contribution >= 4 is 12.1 Å². The van der Waals surface area contributed by atoms with Crippen LogP contribution in [-0.2, 0) is 20.9 Å². The van der Waals surface area contributed by atoms with Gasteiger partial charge in [0.15, 0.2) is 0 Å². The predicted molar refractivity (Wildman–Crippen MR) is 84.3 cm³/mol. The van der Waals surface area contributed by atoms with E-state index in [-0.39, 0.29) is 19.1 Å². The Morgan fingerprint density at radius 1 is 1.05 bits per heavy atom. The summed E-state index contributed by atoms with van der Waals surface area (Å²) >= 11 is 0. The minimum atomic E-state index is -0.828. The normalized spacial score (nSPS) is 11.7. The lowest BCUT2D eigenvalue weighted by molar-refractivity contribution is -0.155. The average molecular weight is 307 g/mol. The van der Waals surface area contributed by atoms with Gasteiger partial charge in [0.05, 0.1) is 5.41 Å². The van der Waals surface area contributed by atoms with E-state index in [2.05, 4.69) is 5.32 Å². The van der Waals surface area contributed by atoms with E-state index in [4.69, 9.17) is 9.47 Å². The highest BCUT2D eigenvalue weighted by atomic mass is 16.6. The van der Waals surface area contributed by atoms with Crippen LogP contribution in [-0.4, -0.2) is 24.2 Å². The van der Waals surface area contributed by atoms with E-state index in [9.17, 15) is 9.59 Å². The van der Waals surface area contributed by atoms with Crippen LogP contribution in [0.4, 0.5) is 4.79 Å². The van der Waals surface area contributed by atoms with Crippen molar-refractivity contribution in [3.63, 3.8) is 0 Å². The van der Waals surface area contributed by atoms with Crippen LogP contribution in [0.15, 0.2) is 30.3 Å². The summed E-state index contributed by atoms with van der Waals surface area (Å²) in [5, 5.41) is 2.60. The molecule has 1 rings (SSSR count). The molecule has 0 saturated heterocycles. The molecular weight excluding hydrogens is 282 g/mol. The number of benzene rings is 1. The van der Waals surface area contributed by atoms with Gasteiger partial charge in [-0.05, 0) is 40.2 Å². The summed E-state index contributed by atoms with van der Waals surface area (Å²) in [4.78, 5) is 23.7. The highest BCUT2D eigenvalue weighted by Gasteiger charge is 2.30. The third kappa shape index (κ3) is 6.61. The second-order valence-electron chi connectivity index (χ2n) is 6.80. The molecular formula is C17H25NO4. The van der Waals surface area contributed by atoms with Gasteiger partial charge in [0.1, 0.15) is 12.2 Å². The van der Waals surface area contributed by atoms with Crippen LogP contribution in [0.3, 0.4) is 0 Å². The molecule has 0 aromatic heterocycles. The maximum absolute atomic E-state index is 12.1. The van der Waals surface area contributed by atoms with E-state index in [0.717, 1.165) is 5.56 Å². The summed E-state index contributed by atoms with van der Waals surface area (Å²) in [6, 6.07) is 9.45. The minimum Gasteiger partial charge on any atom is -0.460 e. The van der Waals surface area contributed by atoms with Gasteiger partial charge >= 0.3 is 12.1 Å². The monoisotopic (exact) mass is 307 g/mol. The van der Waals surface area contributed by atoms with E-state index >= 15 is 0 Å². The Balaban J connectivity index is 2.44. The molecule has 0 heterocycles. The van der Waals surface area contributed by atoms with E-state index < -0.39 is 17.1 Å². The molecule has 1 aromatic carbocycles. The van der Waals surface area contributed by atoms with Crippen molar-refractivity contribution in [3.8, 4) is 0 Å². The third-order valence-corrected chi connectivity index (χ3v) is 2.84. The lowest BCUT2D eigenvalue weighted by atomic mass is 9.94. The summed E-state index contributed by atoms with van der Waals surface area (Å²) in [7, 11) is 0. The van der Waals surface area contributed by atoms with Gasteiger partial charge in [-0.15, -0.1) is 0 Å². The smallest absolute Gasteiger partial charge is 0.407 e. The van der Waals surface area contributed by atoms with Crippen molar-refractivity contribution < 1.29 is 19.1 Å². The second-order valence-corrected chi connectivity index (χ2v) is 6.80. The second kappa shape index (κ2) is 7.29. The molecule has 0 fully saturated rings. The minimum absolute atomic E-state index is 0.148. The largest absolute Gasteiger partial charge is 0.460 e. The number of esters is 1. The molecule has 0 saturated carbocycles. The number of nitrogens with one attached hydrogen (secondary N) is 1. The van der Waals surface area contributed by atoms with E-state index in [1.165, 1.54) is 0 Å². The van der Waals surface area contributed by atoms with Crippen LogP contribution >= 0.6 is 0 Å². The van der Waals surface area contributed by atoms with Crippen molar-refractivity contribution in [3.05, 3.63) is 35.9 Å². The van der Waals surface area contributed by atoms with E-state index in [1.54, 1.807) is 34.6 Å². The number of amides is 1. The summed E-state index contributed by atoms with van der Waals surface area (Å²) < 4.78 is 10.4. The first-order valence-electron chi connectivity index (χ1n) is 7.28. The lowest BCUT2D eigenvalue weighted by Gasteiger charge is -2.25. The Kier molecular flexibility index (Phi) is 5.97. The standard InChI is InChI=1S/C17H25NO4/c1-16(2,3)22-15(20)18-12-17(4,5)14(19)21-11-13-9-7-6-8-10-13/h6-10H,11-12H2,1-5H3,(H,18,20). The molecule has 0 atom stereocenters. The zero-order valence-corrected chi connectivity index (χ0v) is 13.9. The molecule has 0 aliphatic rings. The van der Waals surface area contributed by atoms with Crippen LogP contribution in [0.2, 0.25) is 0 Å². The Labute approximate surface area is 132 Å². The number of hydrogen-bond acceptors (Lipinski definition) is 4. The van der Waals surface area contributed by atoms with Gasteiger partial charge in [-0.2, -0.15) is 0 Å². The Hall–Kier alpha value is -2.04. The number of carbonyl (C=O) groups excluding carboxylic acids is 2. The van der Waals surface area contributed by atoms with E-state index in [1.807, 2.05) is 30.3 Å². The fourth-order valence-electron chi connectivity index (χ4n) is 1.60. The third-order valence-electron chi connectivity index (χ3n) is 2.84. The number of carbonyl (C=O) groups is 2. The summed E-state index contributed by atoms with van der Waals surface area (Å²) in [6.45, 7) is 9.16. The predicted octanol–water partition coefficient (Wildman–Crippen LogP) is 3.28. The first-order valence-corrected chi connectivity index (χ1v) is 7.28. The molecule has 0 bridgehead atoms. The quantitative estimate of drug-likeness (QED) is 0.848. The topological polar surface area (TPSA) is 64.6 Å². The maximum atomic E-state index is 12.1. The number of hydrogen-bond donors (Lipinski definition) is 1. The molecule has 5 heteroatoms. The fourth-order valence-corrected chi connectivity index (χ4v) is 1.60. The van der Waals surface area contributed by atoms with Crippen molar-refractivity contribution in [1.29, 1.82) is 0 Å². The molecule has 122 valence electrons. The molecule has 0 aliphatic heterocycles.